The molecule has 32 heavy (non-hydrogen) atoms. The standard InChI is InChI=1S/C25H43N5O.ClH/c1-5-6-7-8-9-10-11-12-13-19-26-23-28-24(30-25(2,3)29-23)27-20-18-21-14-16-22(31-4)17-15-21;/h14-17H,5-13,18-20H2,1-4H3,(H3,26,27,28,29,30);1H. The zero-order valence-corrected chi connectivity index (χ0v) is 21.3. The van der Waals surface area contributed by atoms with Crippen LogP contribution in [-0.2, 0) is 6.42 Å². The van der Waals surface area contributed by atoms with E-state index in [0.717, 1.165) is 37.2 Å². The monoisotopic (exact) mass is 465 g/mol. The number of halogens is 1. The number of nitrogens with zero attached hydrogens (tertiary/aromatic N) is 2. The Bertz CT molecular complexity index is 688. The highest BCUT2D eigenvalue weighted by molar-refractivity contribution is 6.00. The van der Waals surface area contributed by atoms with Crippen LogP contribution in [-0.4, -0.2) is 37.8 Å². The first kappa shape index (κ1) is 28.1. The van der Waals surface area contributed by atoms with Gasteiger partial charge in [-0.3, -0.25) is 5.32 Å². The molecule has 0 radical (unpaired) electrons. The molecule has 0 saturated heterocycles. The number of hydrogen-bond acceptors (Lipinski definition) is 6. The predicted octanol–water partition coefficient (Wildman–Crippen LogP) is 5.42. The maximum absolute atomic E-state index is 5.22. The van der Waals surface area contributed by atoms with Crippen molar-refractivity contribution in [2.75, 3.05) is 20.2 Å². The van der Waals surface area contributed by atoms with E-state index < -0.39 is 5.66 Å². The van der Waals surface area contributed by atoms with Crippen molar-refractivity contribution in [3.8, 4) is 5.75 Å². The van der Waals surface area contributed by atoms with E-state index in [-0.39, 0.29) is 12.4 Å². The molecule has 182 valence electrons. The highest BCUT2D eigenvalue weighted by atomic mass is 35.5. The average Bonchev–Trinajstić information content (AvgIpc) is 2.74. The molecule has 0 bridgehead atoms. The quantitative estimate of drug-likeness (QED) is 0.321. The first-order valence-electron chi connectivity index (χ1n) is 12.1. The summed E-state index contributed by atoms with van der Waals surface area (Å²) in [6.45, 7) is 8.07. The van der Waals surface area contributed by atoms with Gasteiger partial charge in [0.2, 0.25) is 11.9 Å². The molecule has 0 aliphatic carbocycles. The minimum absolute atomic E-state index is 0. The van der Waals surface area contributed by atoms with Gasteiger partial charge in [0, 0.05) is 13.1 Å². The number of rotatable bonds is 14. The van der Waals surface area contributed by atoms with Crippen LogP contribution in [0.4, 0.5) is 0 Å². The number of ether oxygens (including phenoxy) is 1. The van der Waals surface area contributed by atoms with E-state index in [1.807, 2.05) is 26.0 Å². The van der Waals surface area contributed by atoms with Gasteiger partial charge in [0.25, 0.3) is 0 Å². The van der Waals surface area contributed by atoms with Crippen LogP contribution in [0.3, 0.4) is 0 Å². The molecule has 1 aromatic rings. The fourth-order valence-electron chi connectivity index (χ4n) is 3.67. The van der Waals surface area contributed by atoms with Gasteiger partial charge in [-0.15, -0.1) is 12.4 Å². The second-order valence-corrected chi connectivity index (χ2v) is 8.82. The number of hydrogen-bond donors (Lipinski definition) is 3. The largest absolute Gasteiger partial charge is 0.497 e. The van der Waals surface area contributed by atoms with Gasteiger partial charge < -0.3 is 15.4 Å². The highest BCUT2D eigenvalue weighted by Crippen LogP contribution is 2.14. The molecule has 0 spiro atoms. The Balaban J connectivity index is 0.00000512. The Morgan fingerprint density at radius 3 is 1.91 bits per heavy atom. The lowest BCUT2D eigenvalue weighted by Crippen LogP contribution is -2.52. The average molecular weight is 466 g/mol. The number of aliphatic imine (C=N–C) groups is 2. The Morgan fingerprint density at radius 2 is 1.34 bits per heavy atom. The Labute approximate surface area is 201 Å². The minimum Gasteiger partial charge on any atom is -0.497 e. The van der Waals surface area contributed by atoms with Crippen LogP contribution in [0.2, 0.25) is 0 Å². The van der Waals surface area contributed by atoms with Gasteiger partial charge in [0.1, 0.15) is 5.75 Å². The molecule has 3 N–H and O–H groups in total. The smallest absolute Gasteiger partial charge is 0.200 e. The fraction of sp³-hybridized carbons (Fsp3) is 0.680. The zero-order valence-electron chi connectivity index (χ0n) is 20.5. The summed E-state index contributed by atoms with van der Waals surface area (Å²) >= 11 is 0. The van der Waals surface area contributed by atoms with Crippen LogP contribution in [0.5, 0.6) is 5.75 Å². The van der Waals surface area contributed by atoms with E-state index in [0.29, 0.717) is 0 Å². The van der Waals surface area contributed by atoms with Gasteiger partial charge in [-0.1, -0.05) is 70.4 Å². The number of methoxy groups -OCH3 is 1. The van der Waals surface area contributed by atoms with Crippen molar-refractivity contribution in [1.82, 2.24) is 16.0 Å². The van der Waals surface area contributed by atoms with Gasteiger partial charge in [-0.25, -0.2) is 9.98 Å². The van der Waals surface area contributed by atoms with Crippen molar-refractivity contribution in [3.05, 3.63) is 29.8 Å². The Kier molecular flexibility index (Phi) is 13.9. The zero-order chi connectivity index (χ0) is 22.4. The topological polar surface area (TPSA) is 70.0 Å². The van der Waals surface area contributed by atoms with Crippen molar-refractivity contribution in [3.63, 3.8) is 0 Å². The van der Waals surface area contributed by atoms with Crippen molar-refractivity contribution in [1.29, 1.82) is 0 Å². The van der Waals surface area contributed by atoms with Gasteiger partial charge >= 0.3 is 0 Å². The minimum atomic E-state index is -0.464. The number of guanidine groups is 2. The number of nitrogens with one attached hydrogen (secondary N) is 3. The number of unbranched alkanes of at least 4 members (excludes halogenated alkanes) is 8. The highest BCUT2D eigenvalue weighted by Gasteiger charge is 2.22. The lowest BCUT2D eigenvalue weighted by Gasteiger charge is -2.26. The molecule has 0 aromatic heterocycles. The molecule has 0 fully saturated rings. The van der Waals surface area contributed by atoms with E-state index in [1.54, 1.807) is 7.11 Å². The first-order valence-corrected chi connectivity index (χ1v) is 12.1. The molecule has 7 heteroatoms. The van der Waals surface area contributed by atoms with Crippen molar-refractivity contribution < 1.29 is 4.74 Å². The molecule has 1 aliphatic rings. The molecule has 0 atom stereocenters. The summed E-state index contributed by atoms with van der Waals surface area (Å²) in [6, 6.07) is 8.19. The van der Waals surface area contributed by atoms with E-state index >= 15 is 0 Å². The normalized spacial score (nSPS) is 14.5. The molecule has 6 nitrogen and oxygen atoms in total. The van der Waals surface area contributed by atoms with Gasteiger partial charge in [-0.2, -0.15) is 0 Å². The second-order valence-electron chi connectivity index (χ2n) is 8.82. The number of benzene rings is 1. The third-order valence-electron chi connectivity index (χ3n) is 5.45. The van der Waals surface area contributed by atoms with E-state index in [2.05, 4.69) is 45.0 Å². The molecule has 1 heterocycles. The molecule has 1 aromatic carbocycles. The lowest BCUT2D eigenvalue weighted by molar-refractivity contribution is 0.414. The molecule has 0 unspecified atom stereocenters. The first-order chi connectivity index (χ1) is 15.0. The maximum atomic E-state index is 5.22. The SMILES string of the molecule is CCCCCCCCCCCNC1=NC(C)(C)N=C(NCCc2ccc(OC)cc2)N1.Cl. The fourth-order valence-corrected chi connectivity index (χ4v) is 3.67. The van der Waals surface area contributed by atoms with E-state index in [4.69, 9.17) is 4.74 Å². The van der Waals surface area contributed by atoms with Crippen LogP contribution < -0.4 is 20.7 Å². The molecular formula is C25H44ClN5O. The van der Waals surface area contributed by atoms with Gasteiger partial charge in [0.15, 0.2) is 5.66 Å². The second kappa shape index (κ2) is 15.8. The summed E-state index contributed by atoms with van der Waals surface area (Å²) in [5, 5.41) is 10.2. The van der Waals surface area contributed by atoms with Crippen molar-refractivity contribution >= 4 is 24.3 Å². The predicted molar refractivity (Wildman–Crippen MR) is 139 cm³/mol. The summed E-state index contributed by atoms with van der Waals surface area (Å²) < 4.78 is 5.22. The van der Waals surface area contributed by atoms with Crippen molar-refractivity contribution in [2.24, 2.45) is 9.98 Å². The molecule has 2 rings (SSSR count). The third-order valence-corrected chi connectivity index (χ3v) is 5.45. The molecule has 0 amide bonds. The lowest BCUT2D eigenvalue weighted by atomic mass is 10.1. The van der Waals surface area contributed by atoms with E-state index in [1.165, 1.54) is 63.4 Å². The summed E-state index contributed by atoms with van der Waals surface area (Å²) in [7, 11) is 1.69. The summed E-state index contributed by atoms with van der Waals surface area (Å²) in [4.78, 5) is 9.35. The maximum Gasteiger partial charge on any atom is 0.200 e. The summed E-state index contributed by atoms with van der Waals surface area (Å²) in [6.07, 6.45) is 13.0. The van der Waals surface area contributed by atoms with Gasteiger partial charge in [0.05, 0.1) is 7.11 Å². The van der Waals surface area contributed by atoms with Crippen molar-refractivity contribution in [2.45, 2.75) is 90.6 Å². The third kappa shape index (κ3) is 11.6. The van der Waals surface area contributed by atoms with Crippen LogP contribution in [0.15, 0.2) is 34.3 Å². The van der Waals surface area contributed by atoms with E-state index in [9.17, 15) is 0 Å². The Morgan fingerprint density at radius 1 is 0.812 bits per heavy atom. The van der Waals surface area contributed by atoms with Gasteiger partial charge in [-0.05, 0) is 44.4 Å². The summed E-state index contributed by atoms with van der Waals surface area (Å²) in [5.41, 5.74) is 0.801. The molecular weight excluding hydrogens is 422 g/mol. The Hall–Kier alpha value is -1.95. The summed E-state index contributed by atoms with van der Waals surface area (Å²) in [5.74, 6) is 2.48. The van der Waals surface area contributed by atoms with Crippen LogP contribution in [0.25, 0.3) is 0 Å². The van der Waals surface area contributed by atoms with Crippen LogP contribution >= 0.6 is 12.4 Å². The molecule has 0 saturated carbocycles. The molecule has 1 aliphatic heterocycles. The van der Waals surface area contributed by atoms with Crippen LogP contribution in [0, 0.1) is 0 Å². The van der Waals surface area contributed by atoms with Crippen LogP contribution in [0.1, 0.15) is 84.1 Å².